The average Bonchev–Trinajstić information content (AvgIpc) is 2.81. The molecule has 0 radical (unpaired) electrons. The fourth-order valence-electron chi connectivity index (χ4n) is 1.90. The SMILES string of the molecule is CCOc1ccccc1CNC1CCSC1. The minimum absolute atomic E-state index is 0.680. The molecule has 1 fully saturated rings. The highest BCUT2D eigenvalue weighted by Crippen LogP contribution is 2.20. The summed E-state index contributed by atoms with van der Waals surface area (Å²) < 4.78 is 5.61. The van der Waals surface area contributed by atoms with Crippen LogP contribution in [0.1, 0.15) is 18.9 Å². The van der Waals surface area contributed by atoms with E-state index in [4.69, 9.17) is 4.74 Å². The Balaban J connectivity index is 1.91. The van der Waals surface area contributed by atoms with Gasteiger partial charge in [-0.25, -0.2) is 0 Å². The van der Waals surface area contributed by atoms with Gasteiger partial charge in [0.2, 0.25) is 0 Å². The number of rotatable bonds is 5. The molecule has 0 aromatic heterocycles. The largest absolute Gasteiger partial charge is 0.494 e. The fourth-order valence-corrected chi connectivity index (χ4v) is 3.08. The number of hydrogen-bond acceptors (Lipinski definition) is 3. The highest BCUT2D eigenvalue weighted by Gasteiger charge is 2.14. The van der Waals surface area contributed by atoms with Gasteiger partial charge in [0.1, 0.15) is 5.75 Å². The van der Waals surface area contributed by atoms with E-state index in [1.54, 1.807) is 0 Å². The van der Waals surface area contributed by atoms with Crippen LogP contribution >= 0.6 is 11.8 Å². The van der Waals surface area contributed by atoms with Crippen LogP contribution in [-0.2, 0) is 6.54 Å². The van der Waals surface area contributed by atoms with Gasteiger partial charge in [-0.1, -0.05) is 18.2 Å². The lowest BCUT2D eigenvalue weighted by molar-refractivity contribution is 0.335. The third kappa shape index (κ3) is 3.16. The Morgan fingerprint density at radius 3 is 3.06 bits per heavy atom. The fraction of sp³-hybridized carbons (Fsp3) is 0.538. The second-order valence-corrected chi connectivity index (χ2v) is 5.13. The standard InChI is InChI=1S/C13H19NOS/c1-2-15-13-6-4-3-5-11(13)9-14-12-7-8-16-10-12/h3-6,12,14H,2,7-10H2,1H3. The van der Waals surface area contributed by atoms with Gasteiger partial charge in [0.15, 0.2) is 0 Å². The number of nitrogens with one attached hydrogen (secondary N) is 1. The van der Waals surface area contributed by atoms with Gasteiger partial charge in [-0.2, -0.15) is 11.8 Å². The quantitative estimate of drug-likeness (QED) is 0.850. The minimum Gasteiger partial charge on any atom is -0.494 e. The number of thioether (sulfide) groups is 1. The summed E-state index contributed by atoms with van der Waals surface area (Å²) in [7, 11) is 0. The number of hydrogen-bond donors (Lipinski definition) is 1. The van der Waals surface area contributed by atoms with E-state index in [2.05, 4.69) is 17.4 Å². The molecular formula is C13H19NOS. The molecule has 1 aliphatic rings. The van der Waals surface area contributed by atoms with Crippen LogP contribution in [0.5, 0.6) is 5.75 Å². The van der Waals surface area contributed by atoms with E-state index in [-0.39, 0.29) is 0 Å². The molecule has 1 aromatic rings. The van der Waals surface area contributed by atoms with Gasteiger partial charge in [0.25, 0.3) is 0 Å². The highest BCUT2D eigenvalue weighted by atomic mass is 32.2. The molecule has 88 valence electrons. The van der Waals surface area contributed by atoms with Crippen molar-refractivity contribution >= 4 is 11.8 Å². The van der Waals surface area contributed by atoms with Crippen LogP contribution in [0.15, 0.2) is 24.3 Å². The maximum absolute atomic E-state index is 5.61. The molecule has 1 unspecified atom stereocenters. The van der Waals surface area contributed by atoms with Crippen LogP contribution in [0, 0.1) is 0 Å². The molecule has 1 saturated heterocycles. The van der Waals surface area contributed by atoms with Crippen molar-refractivity contribution in [2.75, 3.05) is 18.1 Å². The molecule has 1 heterocycles. The molecule has 3 heteroatoms. The van der Waals surface area contributed by atoms with Gasteiger partial charge >= 0.3 is 0 Å². The van der Waals surface area contributed by atoms with Crippen molar-refractivity contribution in [1.29, 1.82) is 0 Å². The molecule has 2 nitrogen and oxygen atoms in total. The number of para-hydroxylation sites is 1. The molecule has 0 spiro atoms. The Morgan fingerprint density at radius 1 is 1.44 bits per heavy atom. The van der Waals surface area contributed by atoms with Crippen molar-refractivity contribution in [2.45, 2.75) is 25.9 Å². The van der Waals surface area contributed by atoms with Crippen molar-refractivity contribution in [2.24, 2.45) is 0 Å². The Kier molecular flexibility index (Phi) is 4.55. The number of ether oxygens (including phenoxy) is 1. The first-order valence-corrected chi connectivity index (χ1v) is 7.07. The third-order valence-electron chi connectivity index (χ3n) is 2.78. The molecule has 0 aliphatic carbocycles. The zero-order chi connectivity index (χ0) is 11.2. The third-order valence-corrected chi connectivity index (χ3v) is 3.95. The molecular weight excluding hydrogens is 218 g/mol. The van der Waals surface area contributed by atoms with Crippen LogP contribution in [0.25, 0.3) is 0 Å². The Bertz CT molecular complexity index is 323. The summed E-state index contributed by atoms with van der Waals surface area (Å²) in [5.74, 6) is 3.56. The lowest BCUT2D eigenvalue weighted by Crippen LogP contribution is -2.28. The van der Waals surface area contributed by atoms with Crippen LogP contribution in [0.2, 0.25) is 0 Å². The van der Waals surface area contributed by atoms with Crippen LogP contribution < -0.4 is 10.1 Å². The predicted molar refractivity (Wildman–Crippen MR) is 70.2 cm³/mol. The summed E-state index contributed by atoms with van der Waals surface area (Å²) in [4.78, 5) is 0. The lowest BCUT2D eigenvalue weighted by atomic mass is 10.2. The Hall–Kier alpha value is -0.670. The van der Waals surface area contributed by atoms with Crippen molar-refractivity contribution < 1.29 is 4.74 Å². The zero-order valence-electron chi connectivity index (χ0n) is 9.74. The second-order valence-electron chi connectivity index (χ2n) is 3.98. The first-order chi connectivity index (χ1) is 7.90. The van der Waals surface area contributed by atoms with Crippen LogP contribution in [0.3, 0.4) is 0 Å². The first kappa shape index (κ1) is 11.8. The van der Waals surface area contributed by atoms with Gasteiger partial charge in [0, 0.05) is 23.9 Å². The molecule has 16 heavy (non-hydrogen) atoms. The van der Waals surface area contributed by atoms with Crippen molar-refractivity contribution in [3.8, 4) is 5.75 Å². The normalized spacial score (nSPS) is 19.9. The van der Waals surface area contributed by atoms with E-state index in [1.807, 2.05) is 30.8 Å². The van der Waals surface area contributed by atoms with Gasteiger partial charge in [-0.05, 0) is 25.2 Å². The second kappa shape index (κ2) is 6.16. The Labute approximate surface area is 102 Å². The molecule has 1 N–H and O–H groups in total. The van der Waals surface area contributed by atoms with Crippen molar-refractivity contribution in [1.82, 2.24) is 5.32 Å². The topological polar surface area (TPSA) is 21.3 Å². The van der Waals surface area contributed by atoms with Crippen LogP contribution in [-0.4, -0.2) is 24.2 Å². The molecule has 1 aromatic carbocycles. The van der Waals surface area contributed by atoms with Crippen molar-refractivity contribution in [3.05, 3.63) is 29.8 Å². The van der Waals surface area contributed by atoms with E-state index >= 15 is 0 Å². The predicted octanol–water partition coefficient (Wildman–Crippen LogP) is 2.68. The maximum atomic E-state index is 5.61. The molecule has 1 atom stereocenters. The molecule has 0 saturated carbocycles. The molecule has 2 rings (SSSR count). The summed E-state index contributed by atoms with van der Waals surface area (Å²) >= 11 is 2.04. The van der Waals surface area contributed by atoms with Crippen LogP contribution in [0.4, 0.5) is 0 Å². The first-order valence-electron chi connectivity index (χ1n) is 5.92. The van der Waals surface area contributed by atoms with E-state index in [0.717, 1.165) is 18.9 Å². The molecule has 0 amide bonds. The minimum atomic E-state index is 0.680. The number of benzene rings is 1. The van der Waals surface area contributed by atoms with Crippen molar-refractivity contribution in [3.63, 3.8) is 0 Å². The highest BCUT2D eigenvalue weighted by molar-refractivity contribution is 7.99. The molecule has 1 aliphatic heterocycles. The van der Waals surface area contributed by atoms with E-state index < -0.39 is 0 Å². The van der Waals surface area contributed by atoms with Gasteiger partial charge in [0.05, 0.1) is 6.61 Å². The average molecular weight is 237 g/mol. The summed E-state index contributed by atoms with van der Waals surface area (Å²) in [5.41, 5.74) is 1.27. The van der Waals surface area contributed by atoms with E-state index in [0.29, 0.717) is 6.04 Å². The Morgan fingerprint density at radius 2 is 2.31 bits per heavy atom. The summed E-state index contributed by atoms with van der Waals surface area (Å²) in [5, 5.41) is 3.60. The van der Waals surface area contributed by atoms with E-state index in [9.17, 15) is 0 Å². The zero-order valence-corrected chi connectivity index (χ0v) is 10.6. The summed E-state index contributed by atoms with van der Waals surface area (Å²) in [6.45, 7) is 3.68. The lowest BCUT2D eigenvalue weighted by Gasteiger charge is -2.14. The maximum Gasteiger partial charge on any atom is 0.123 e. The van der Waals surface area contributed by atoms with Gasteiger partial charge in [-0.3, -0.25) is 0 Å². The summed E-state index contributed by atoms with van der Waals surface area (Å²) in [6.07, 6.45) is 1.29. The van der Waals surface area contributed by atoms with E-state index in [1.165, 1.54) is 23.5 Å². The van der Waals surface area contributed by atoms with Gasteiger partial charge < -0.3 is 10.1 Å². The molecule has 0 bridgehead atoms. The van der Waals surface area contributed by atoms with Gasteiger partial charge in [-0.15, -0.1) is 0 Å². The summed E-state index contributed by atoms with van der Waals surface area (Å²) in [6, 6.07) is 8.96. The smallest absolute Gasteiger partial charge is 0.123 e. The monoisotopic (exact) mass is 237 g/mol.